The van der Waals surface area contributed by atoms with E-state index in [9.17, 15) is 4.79 Å². The van der Waals surface area contributed by atoms with E-state index >= 15 is 0 Å². The first kappa shape index (κ1) is 10.1. The summed E-state index contributed by atoms with van der Waals surface area (Å²) in [6.07, 6.45) is 5.47. The molecular weight excluding hydrogens is 291 g/mol. The number of halogens is 1. The fourth-order valence-electron chi connectivity index (χ4n) is 1.43. The molecule has 0 atom stereocenters. The quantitative estimate of drug-likeness (QED) is 0.800. The molecule has 1 aromatic heterocycles. The number of hydrogen-bond donors (Lipinski definition) is 0. The summed E-state index contributed by atoms with van der Waals surface area (Å²) in [7, 11) is 0. The van der Waals surface area contributed by atoms with Gasteiger partial charge in [0.15, 0.2) is 0 Å². The zero-order valence-corrected chi connectivity index (χ0v) is 10.3. The molecule has 4 heteroatoms. The van der Waals surface area contributed by atoms with Gasteiger partial charge in [-0.05, 0) is 41.9 Å². The molecule has 0 amide bonds. The van der Waals surface area contributed by atoms with Gasteiger partial charge in [-0.2, -0.15) is 0 Å². The van der Waals surface area contributed by atoms with Crippen LogP contribution in [0.1, 0.15) is 25.0 Å². The third-order valence-electron chi connectivity index (χ3n) is 2.63. The van der Waals surface area contributed by atoms with E-state index in [4.69, 9.17) is 0 Å². The van der Waals surface area contributed by atoms with Crippen molar-refractivity contribution >= 4 is 22.6 Å². The molecule has 1 heterocycles. The predicted molar refractivity (Wildman–Crippen MR) is 63.3 cm³/mol. The van der Waals surface area contributed by atoms with Crippen molar-refractivity contribution in [2.24, 2.45) is 5.92 Å². The number of aryl methyl sites for hydroxylation is 2. The highest BCUT2D eigenvalue weighted by atomic mass is 127. The van der Waals surface area contributed by atoms with Crippen LogP contribution in [0.15, 0.2) is 11.1 Å². The van der Waals surface area contributed by atoms with Crippen LogP contribution in [-0.2, 0) is 6.54 Å². The van der Waals surface area contributed by atoms with Crippen LogP contribution in [0.2, 0.25) is 0 Å². The van der Waals surface area contributed by atoms with E-state index < -0.39 is 0 Å². The van der Waals surface area contributed by atoms with E-state index in [1.165, 1.54) is 12.8 Å². The van der Waals surface area contributed by atoms with E-state index in [2.05, 4.69) is 27.6 Å². The molecule has 2 rings (SSSR count). The monoisotopic (exact) mass is 304 g/mol. The van der Waals surface area contributed by atoms with Crippen LogP contribution >= 0.6 is 22.6 Å². The molecule has 1 aliphatic rings. The summed E-state index contributed by atoms with van der Waals surface area (Å²) >= 11 is 2.07. The highest BCUT2D eigenvalue weighted by Gasteiger charge is 2.20. The molecule has 0 bridgehead atoms. The van der Waals surface area contributed by atoms with Crippen molar-refractivity contribution in [2.75, 3.05) is 0 Å². The zero-order valence-electron chi connectivity index (χ0n) is 8.16. The third-order valence-corrected chi connectivity index (χ3v) is 3.87. The van der Waals surface area contributed by atoms with E-state index in [-0.39, 0.29) is 5.56 Å². The smallest absolute Gasteiger partial charge is 0.266 e. The summed E-state index contributed by atoms with van der Waals surface area (Å²) in [5.41, 5.74) is 0.942. The molecule has 3 nitrogen and oxygen atoms in total. The Bertz CT molecular complexity index is 396. The van der Waals surface area contributed by atoms with Crippen molar-refractivity contribution in [3.8, 4) is 0 Å². The van der Waals surface area contributed by atoms with Gasteiger partial charge in [0, 0.05) is 6.54 Å². The van der Waals surface area contributed by atoms with Crippen molar-refractivity contribution in [3.05, 3.63) is 25.9 Å². The molecular formula is C10H13IN2O. The second-order valence-corrected chi connectivity index (χ2v) is 4.95. The van der Waals surface area contributed by atoms with Crippen LogP contribution < -0.4 is 5.56 Å². The lowest BCUT2D eigenvalue weighted by atomic mass is 10.3. The number of aromatic nitrogens is 2. The normalized spacial score (nSPS) is 15.9. The van der Waals surface area contributed by atoms with Gasteiger partial charge in [0.1, 0.15) is 0 Å². The lowest BCUT2D eigenvalue weighted by Gasteiger charge is -2.05. The first-order valence-electron chi connectivity index (χ1n) is 4.90. The summed E-state index contributed by atoms with van der Waals surface area (Å²) in [6.45, 7) is 2.70. The Kier molecular flexibility index (Phi) is 2.90. The van der Waals surface area contributed by atoms with Gasteiger partial charge in [0.05, 0.1) is 15.6 Å². The minimum Gasteiger partial charge on any atom is -0.298 e. The summed E-state index contributed by atoms with van der Waals surface area (Å²) in [5.74, 6) is 0.862. The number of hydrogen-bond acceptors (Lipinski definition) is 2. The van der Waals surface area contributed by atoms with E-state index in [1.807, 2.05) is 6.92 Å². The maximum Gasteiger partial charge on any atom is 0.266 e. The minimum absolute atomic E-state index is 0.110. The minimum atomic E-state index is 0.110. The van der Waals surface area contributed by atoms with Crippen LogP contribution in [0.3, 0.4) is 0 Å². The highest BCUT2D eigenvalue weighted by molar-refractivity contribution is 14.1. The molecule has 0 radical (unpaired) electrons. The summed E-state index contributed by atoms with van der Waals surface area (Å²) in [4.78, 5) is 15.9. The third kappa shape index (κ3) is 2.16. The second-order valence-electron chi connectivity index (χ2n) is 3.87. The molecule has 14 heavy (non-hydrogen) atoms. The molecule has 0 aliphatic heterocycles. The molecule has 1 aliphatic carbocycles. The second kappa shape index (κ2) is 4.00. The van der Waals surface area contributed by atoms with Crippen LogP contribution in [-0.4, -0.2) is 9.55 Å². The van der Waals surface area contributed by atoms with Gasteiger partial charge in [0.25, 0.3) is 5.56 Å². The lowest BCUT2D eigenvalue weighted by Crippen LogP contribution is -2.24. The maximum absolute atomic E-state index is 11.7. The Morgan fingerprint density at radius 3 is 3.00 bits per heavy atom. The fraction of sp³-hybridized carbons (Fsp3) is 0.600. The van der Waals surface area contributed by atoms with Gasteiger partial charge in [-0.15, -0.1) is 0 Å². The molecule has 1 fully saturated rings. The van der Waals surface area contributed by atoms with Gasteiger partial charge in [-0.25, -0.2) is 4.98 Å². The zero-order chi connectivity index (χ0) is 10.1. The summed E-state index contributed by atoms with van der Waals surface area (Å²) in [6, 6.07) is 0. The lowest BCUT2D eigenvalue weighted by molar-refractivity contribution is 0.569. The number of rotatable bonds is 3. The first-order valence-corrected chi connectivity index (χ1v) is 5.98. The van der Waals surface area contributed by atoms with Crippen molar-refractivity contribution < 1.29 is 0 Å². The molecule has 0 aromatic carbocycles. The molecule has 76 valence electrons. The van der Waals surface area contributed by atoms with Gasteiger partial charge in [-0.1, -0.05) is 12.8 Å². The standard InChI is InChI=1S/C10H13IN2O/c1-7-9(11)10(14)13(6-12-7)5-4-8-2-3-8/h6,8H,2-5H2,1H3. The van der Waals surface area contributed by atoms with Crippen molar-refractivity contribution in [2.45, 2.75) is 32.7 Å². The molecule has 0 N–H and O–H groups in total. The Balaban J connectivity index is 2.16. The van der Waals surface area contributed by atoms with E-state index in [0.717, 1.165) is 28.1 Å². The fourth-order valence-corrected chi connectivity index (χ4v) is 1.88. The first-order chi connectivity index (χ1) is 6.68. The summed E-state index contributed by atoms with van der Waals surface area (Å²) < 4.78 is 2.48. The number of nitrogens with zero attached hydrogens (tertiary/aromatic N) is 2. The molecule has 0 unspecified atom stereocenters. The Labute approximate surface area is 96.7 Å². The maximum atomic E-state index is 11.7. The molecule has 1 saturated carbocycles. The van der Waals surface area contributed by atoms with E-state index in [0.29, 0.717) is 0 Å². The summed E-state index contributed by atoms with van der Waals surface area (Å²) in [5, 5.41) is 0. The van der Waals surface area contributed by atoms with E-state index in [1.54, 1.807) is 10.9 Å². The Hall–Kier alpha value is -0.390. The molecule has 0 saturated heterocycles. The predicted octanol–water partition coefficient (Wildman–Crippen LogP) is 1.96. The van der Waals surface area contributed by atoms with Crippen molar-refractivity contribution in [3.63, 3.8) is 0 Å². The van der Waals surface area contributed by atoms with Crippen LogP contribution in [0.5, 0.6) is 0 Å². The topological polar surface area (TPSA) is 34.9 Å². The SMILES string of the molecule is Cc1ncn(CCC2CC2)c(=O)c1I. The largest absolute Gasteiger partial charge is 0.298 e. The van der Waals surface area contributed by atoms with Gasteiger partial charge < -0.3 is 0 Å². The van der Waals surface area contributed by atoms with Crippen LogP contribution in [0.25, 0.3) is 0 Å². The van der Waals surface area contributed by atoms with Crippen LogP contribution in [0.4, 0.5) is 0 Å². The average molecular weight is 304 g/mol. The highest BCUT2D eigenvalue weighted by Crippen LogP contribution is 2.32. The molecule has 1 aromatic rings. The molecule has 0 spiro atoms. The average Bonchev–Trinajstić information content (AvgIpc) is 2.97. The van der Waals surface area contributed by atoms with Crippen molar-refractivity contribution in [1.29, 1.82) is 0 Å². The van der Waals surface area contributed by atoms with Gasteiger partial charge >= 0.3 is 0 Å². The van der Waals surface area contributed by atoms with Gasteiger partial charge in [0.2, 0.25) is 0 Å². The Morgan fingerprint density at radius 1 is 1.64 bits per heavy atom. The van der Waals surface area contributed by atoms with Crippen molar-refractivity contribution in [1.82, 2.24) is 9.55 Å². The Morgan fingerprint density at radius 2 is 2.36 bits per heavy atom. The van der Waals surface area contributed by atoms with Gasteiger partial charge in [-0.3, -0.25) is 9.36 Å². The van der Waals surface area contributed by atoms with Crippen LogP contribution in [0, 0.1) is 16.4 Å².